The molecule has 0 amide bonds. The molecule has 1 rings (SSSR count). The van der Waals surface area contributed by atoms with Crippen molar-refractivity contribution in [2.24, 2.45) is 0 Å². The van der Waals surface area contributed by atoms with Gasteiger partial charge in [0.15, 0.2) is 0 Å². The van der Waals surface area contributed by atoms with Gasteiger partial charge in [0.2, 0.25) is 0 Å². The molecule has 0 aliphatic carbocycles. The highest BCUT2D eigenvalue weighted by Gasteiger charge is 2.73. The zero-order valence-electron chi connectivity index (χ0n) is 9.70. The van der Waals surface area contributed by atoms with Crippen LogP contribution in [0.2, 0.25) is 0 Å². The molecule has 120 valence electrons. The van der Waals surface area contributed by atoms with Crippen molar-refractivity contribution in [2.75, 3.05) is 5.73 Å². The summed E-state index contributed by atoms with van der Waals surface area (Å²) in [6, 6.07) is 0.329. The van der Waals surface area contributed by atoms with Crippen molar-refractivity contribution in [3.8, 4) is 5.75 Å². The average Bonchev–Trinajstić information content (AvgIpc) is 2.27. The lowest BCUT2D eigenvalue weighted by Crippen LogP contribution is -2.50. The quantitative estimate of drug-likeness (QED) is 0.668. The van der Waals surface area contributed by atoms with Crippen molar-refractivity contribution in [3.63, 3.8) is 0 Å². The summed E-state index contributed by atoms with van der Waals surface area (Å²) in [6.45, 7) is -3.56. The number of hydrogen-bond donors (Lipinski definition) is 1. The van der Waals surface area contributed by atoms with Gasteiger partial charge in [-0.3, -0.25) is 0 Å². The Hall–Kier alpha value is -1.81. The van der Waals surface area contributed by atoms with E-state index in [9.17, 15) is 39.5 Å². The predicted molar refractivity (Wildman–Crippen MR) is 52.4 cm³/mol. The van der Waals surface area contributed by atoms with Gasteiger partial charge in [0.05, 0.1) is 5.69 Å². The van der Waals surface area contributed by atoms with Gasteiger partial charge in [-0.15, -0.1) is 0 Å². The van der Waals surface area contributed by atoms with Gasteiger partial charge >= 0.3 is 24.6 Å². The third-order valence-electron chi connectivity index (χ3n) is 2.41. The number of ether oxygens (including phenoxy) is 1. The molecule has 0 unspecified atom stereocenters. The van der Waals surface area contributed by atoms with Crippen LogP contribution < -0.4 is 10.5 Å². The Morgan fingerprint density at radius 2 is 1.38 bits per heavy atom. The highest BCUT2D eigenvalue weighted by Crippen LogP contribution is 2.53. The summed E-state index contributed by atoms with van der Waals surface area (Å²) in [7, 11) is 0. The smallest absolute Gasteiger partial charge is 0.433 e. The summed E-state index contributed by atoms with van der Waals surface area (Å²) in [6.07, 6.45) is -12.7. The van der Waals surface area contributed by atoms with E-state index in [1.807, 2.05) is 0 Å². The molecule has 0 aromatic heterocycles. The second-order valence-electron chi connectivity index (χ2n) is 3.79. The number of hydrogen-bond acceptors (Lipinski definition) is 2. The fourth-order valence-corrected chi connectivity index (χ4v) is 1.43. The molecule has 0 radical (unpaired) electrons. The summed E-state index contributed by atoms with van der Waals surface area (Å²) in [5, 5.41) is 0. The normalized spacial score (nSPS) is 13.6. The Balaban J connectivity index is 3.48. The second kappa shape index (κ2) is 5.19. The van der Waals surface area contributed by atoms with Gasteiger partial charge in [0.1, 0.15) is 5.75 Å². The SMILES string of the molecule is Nc1ccc(C(F)(C(F)(F)F)C(F)(F)F)cc1OC(F)F. The van der Waals surface area contributed by atoms with Gasteiger partial charge in [0, 0.05) is 5.56 Å². The minimum absolute atomic E-state index is 0.0919. The maximum absolute atomic E-state index is 13.7. The maximum Gasteiger partial charge on any atom is 0.435 e. The molecule has 0 saturated carbocycles. The first-order valence-corrected chi connectivity index (χ1v) is 4.98. The first-order chi connectivity index (χ1) is 9.30. The van der Waals surface area contributed by atoms with E-state index in [-0.39, 0.29) is 12.1 Å². The van der Waals surface area contributed by atoms with Crippen molar-refractivity contribution in [1.82, 2.24) is 0 Å². The molecule has 11 heteroatoms. The highest BCUT2D eigenvalue weighted by molar-refractivity contribution is 5.55. The van der Waals surface area contributed by atoms with Gasteiger partial charge in [-0.1, -0.05) is 6.07 Å². The molecule has 0 heterocycles. The molecule has 21 heavy (non-hydrogen) atoms. The van der Waals surface area contributed by atoms with E-state index < -0.39 is 41.6 Å². The van der Waals surface area contributed by atoms with E-state index in [0.717, 1.165) is 0 Å². The second-order valence-corrected chi connectivity index (χ2v) is 3.79. The lowest BCUT2D eigenvalue weighted by molar-refractivity contribution is -0.348. The molecule has 1 aromatic rings. The van der Waals surface area contributed by atoms with Crippen molar-refractivity contribution < 1.29 is 44.3 Å². The number of rotatable bonds is 3. The van der Waals surface area contributed by atoms with Gasteiger partial charge < -0.3 is 10.5 Å². The van der Waals surface area contributed by atoms with Crippen molar-refractivity contribution in [2.45, 2.75) is 24.6 Å². The lowest BCUT2D eigenvalue weighted by atomic mass is 9.93. The third kappa shape index (κ3) is 3.10. The van der Waals surface area contributed by atoms with Crippen LogP contribution in [0.1, 0.15) is 5.56 Å². The van der Waals surface area contributed by atoms with Crippen LogP contribution in [0.3, 0.4) is 0 Å². The number of halogens is 9. The monoisotopic (exact) mass is 327 g/mol. The van der Waals surface area contributed by atoms with Crippen molar-refractivity contribution in [3.05, 3.63) is 23.8 Å². The number of benzene rings is 1. The summed E-state index contributed by atoms with van der Waals surface area (Å²) in [5.74, 6) is -1.20. The summed E-state index contributed by atoms with van der Waals surface area (Å²) >= 11 is 0. The fourth-order valence-electron chi connectivity index (χ4n) is 1.43. The number of anilines is 1. The molecular weight excluding hydrogens is 321 g/mol. The molecule has 2 nitrogen and oxygen atoms in total. The topological polar surface area (TPSA) is 35.2 Å². The Kier molecular flexibility index (Phi) is 4.26. The predicted octanol–water partition coefficient (Wildman–Crippen LogP) is 4.16. The number of alkyl halides is 9. The van der Waals surface area contributed by atoms with E-state index in [4.69, 9.17) is 5.73 Å². The molecular formula is C10H6F9NO. The third-order valence-corrected chi connectivity index (χ3v) is 2.41. The molecule has 2 N–H and O–H groups in total. The van der Waals surface area contributed by atoms with Crippen molar-refractivity contribution in [1.29, 1.82) is 0 Å². The molecule has 0 bridgehead atoms. The number of nitrogens with two attached hydrogens (primary N) is 1. The Labute approximate surface area is 111 Å². The average molecular weight is 327 g/mol. The summed E-state index contributed by atoms with van der Waals surface area (Å²) in [5.41, 5.74) is -3.33. The van der Waals surface area contributed by atoms with Crippen LogP contribution in [0.25, 0.3) is 0 Å². The van der Waals surface area contributed by atoms with Crippen LogP contribution in [0.5, 0.6) is 5.75 Å². The van der Waals surface area contributed by atoms with Crippen LogP contribution in [-0.2, 0) is 5.67 Å². The highest BCUT2D eigenvalue weighted by atomic mass is 19.4. The zero-order valence-corrected chi connectivity index (χ0v) is 9.70. The number of nitrogen functional groups attached to an aromatic ring is 1. The maximum atomic E-state index is 13.7. The van der Waals surface area contributed by atoms with Crippen LogP contribution in [0.15, 0.2) is 18.2 Å². The molecule has 0 aliphatic heterocycles. The van der Waals surface area contributed by atoms with Gasteiger partial charge in [-0.2, -0.15) is 35.1 Å². The Morgan fingerprint density at radius 1 is 0.905 bits per heavy atom. The van der Waals surface area contributed by atoms with Crippen LogP contribution in [-0.4, -0.2) is 19.0 Å². The van der Waals surface area contributed by atoms with E-state index >= 15 is 0 Å². The molecule has 0 saturated heterocycles. The minimum Gasteiger partial charge on any atom is -0.433 e. The van der Waals surface area contributed by atoms with Gasteiger partial charge in [-0.05, 0) is 12.1 Å². The van der Waals surface area contributed by atoms with Crippen LogP contribution in [0, 0.1) is 0 Å². The van der Waals surface area contributed by atoms with E-state index in [1.54, 1.807) is 0 Å². The molecule has 0 aliphatic rings. The van der Waals surface area contributed by atoms with Crippen LogP contribution in [0.4, 0.5) is 45.2 Å². The fraction of sp³-hybridized carbons (Fsp3) is 0.400. The van der Waals surface area contributed by atoms with E-state index in [1.165, 1.54) is 0 Å². The Morgan fingerprint density at radius 3 is 1.76 bits per heavy atom. The molecule has 1 aromatic carbocycles. The van der Waals surface area contributed by atoms with E-state index in [2.05, 4.69) is 4.74 Å². The van der Waals surface area contributed by atoms with Gasteiger partial charge in [-0.25, -0.2) is 4.39 Å². The lowest BCUT2D eigenvalue weighted by Gasteiger charge is -2.30. The zero-order chi connectivity index (χ0) is 16.6. The first kappa shape index (κ1) is 17.2. The summed E-state index contributed by atoms with van der Waals surface area (Å²) < 4.78 is 116. The Bertz CT molecular complexity index is 494. The van der Waals surface area contributed by atoms with Gasteiger partial charge in [0.25, 0.3) is 0 Å². The standard InChI is InChI=1S/C10H6F9NO/c11-7(12)21-6-3-4(1-2-5(6)20)8(13,9(14,15)16)10(17,18)19/h1-3,7H,20H2. The first-order valence-electron chi connectivity index (χ1n) is 4.98. The largest absolute Gasteiger partial charge is 0.435 e. The molecule has 0 atom stereocenters. The summed E-state index contributed by atoms with van der Waals surface area (Å²) in [4.78, 5) is 0. The van der Waals surface area contributed by atoms with E-state index in [0.29, 0.717) is 6.07 Å². The van der Waals surface area contributed by atoms with Crippen LogP contribution >= 0.6 is 0 Å². The minimum atomic E-state index is -6.36. The molecule has 0 spiro atoms. The molecule has 0 fully saturated rings. The van der Waals surface area contributed by atoms with Crippen molar-refractivity contribution >= 4 is 5.69 Å².